The van der Waals surface area contributed by atoms with Gasteiger partial charge in [0.25, 0.3) is 0 Å². The van der Waals surface area contributed by atoms with Crippen LogP contribution in [0.25, 0.3) is 22.9 Å². The van der Waals surface area contributed by atoms with E-state index in [-0.39, 0.29) is 0 Å². The predicted molar refractivity (Wildman–Crippen MR) is 79.3 cm³/mol. The molecule has 86 valence electrons. The molecule has 0 aliphatic heterocycles. The Hall–Kier alpha value is -2.34. The summed E-state index contributed by atoms with van der Waals surface area (Å²) in [4.78, 5) is 0. The van der Waals surface area contributed by atoms with Crippen molar-refractivity contribution in [3.05, 3.63) is 83.9 Å². The average molecular weight is 230 g/mol. The minimum atomic E-state index is 1.23. The number of hydrogen-bond donors (Lipinski definition) is 0. The van der Waals surface area contributed by atoms with Crippen molar-refractivity contribution < 1.29 is 0 Å². The molecule has 0 aromatic heterocycles. The van der Waals surface area contributed by atoms with Gasteiger partial charge in [-0.05, 0) is 21.9 Å². The van der Waals surface area contributed by atoms with Crippen LogP contribution in [0, 0.1) is 0 Å². The van der Waals surface area contributed by atoms with Crippen LogP contribution >= 0.6 is 0 Å². The Morgan fingerprint density at radius 1 is 0.556 bits per heavy atom. The quantitative estimate of drug-likeness (QED) is 0.543. The van der Waals surface area contributed by atoms with Gasteiger partial charge in [0.05, 0.1) is 0 Å². The minimum Gasteiger partial charge on any atom is -0.0622 e. The lowest BCUT2D eigenvalue weighted by Crippen LogP contribution is -1.77. The first kappa shape index (κ1) is 10.8. The van der Waals surface area contributed by atoms with E-state index in [9.17, 15) is 0 Å². The fraction of sp³-hybridized carbons (Fsp3) is 0. The Labute approximate surface area is 107 Å². The zero-order valence-electron chi connectivity index (χ0n) is 10.1. The summed E-state index contributed by atoms with van der Waals surface area (Å²) in [7, 11) is 0. The van der Waals surface area contributed by atoms with Crippen molar-refractivity contribution in [2.24, 2.45) is 0 Å². The highest BCUT2D eigenvalue weighted by molar-refractivity contribution is 5.92. The van der Waals surface area contributed by atoms with Gasteiger partial charge < -0.3 is 0 Å². The second-order valence-electron chi connectivity index (χ2n) is 4.31. The van der Waals surface area contributed by atoms with E-state index < -0.39 is 0 Å². The standard InChI is InChI=1S/C18H14/c1-2-7-15(8-3-1)13-14-17-11-6-10-16-9-4-5-12-18(16)17/h1-14H. The molecule has 0 fully saturated rings. The molecule has 3 rings (SSSR count). The zero-order chi connectivity index (χ0) is 12.2. The number of hydrogen-bond acceptors (Lipinski definition) is 0. The molecule has 0 saturated heterocycles. The molecular formula is C18H14. The molecule has 0 saturated carbocycles. The van der Waals surface area contributed by atoms with Crippen molar-refractivity contribution >= 4 is 22.9 Å². The Bertz CT molecular complexity index is 673. The Morgan fingerprint density at radius 2 is 1.28 bits per heavy atom. The minimum absolute atomic E-state index is 1.23. The molecule has 18 heavy (non-hydrogen) atoms. The van der Waals surface area contributed by atoms with E-state index in [0.29, 0.717) is 0 Å². The van der Waals surface area contributed by atoms with E-state index in [4.69, 9.17) is 0 Å². The number of benzene rings is 3. The van der Waals surface area contributed by atoms with Gasteiger partial charge in [-0.1, -0.05) is 84.9 Å². The molecule has 0 bridgehead atoms. The molecule has 0 aliphatic rings. The normalized spacial score (nSPS) is 11.1. The van der Waals surface area contributed by atoms with Crippen LogP contribution < -0.4 is 0 Å². The van der Waals surface area contributed by atoms with Gasteiger partial charge in [0.2, 0.25) is 0 Å². The lowest BCUT2D eigenvalue weighted by Gasteiger charge is -2.01. The van der Waals surface area contributed by atoms with E-state index in [1.54, 1.807) is 0 Å². The van der Waals surface area contributed by atoms with Crippen LogP contribution in [0.2, 0.25) is 0 Å². The van der Waals surface area contributed by atoms with Crippen LogP contribution in [-0.2, 0) is 0 Å². The summed E-state index contributed by atoms with van der Waals surface area (Å²) in [6.45, 7) is 0. The summed E-state index contributed by atoms with van der Waals surface area (Å²) in [6, 6.07) is 25.3. The van der Waals surface area contributed by atoms with Gasteiger partial charge in [-0.2, -0.15) is 0 Å². The van der Waals surface area contributed by atoms with Gasteiger partial charge in [0.15, 0.2) is 0 Å². The summed E-state index contributed by atoms with van der Waals surface area (Å²) in [5.74, 6) is 0. The maximum absolute atomic E-state index is 2.18. The molecule has 0 aliphatic carbocycles. The first-order valence-electron chi connectivity index (χ1n) is 6.14. The monoisotopic (exact) mass is 230 g/mol. The van der Waals surface area contributed by atoms with Gasteiger partial charge in [-0.15, -0.1) is 0 Å². The van der Waals surface area contributed by atoms with Crippen LogP contribution in [0.1, 0.15) is 11.1 Å². The fourth-order valence-corrected chi connectivity index (χ4v) is 2.15. The molecule has 0 radical (unpaired) electrons. The third kappa shape index (κ3) is 2.18. The van der Waals surface area contributed by atoms with Gasteiger partial charge in [-0.25, -0.2) is 0 Å². The SMILES string of the molecule is C(=Cc1cccc2ccccc12)c1ccccc1. The number of rotatable bonds is 2. The topological polar surface area (TPSA) is 0 Å². The largest absolute Gasteiger partial charge is 0.0622 e. The highest BCUT2D eigenvalue weighted by Crippen LogP contribution is 2.20. The highest BCUT2D eigenvalue weighted by Gasteiger charge is 1.95. The summed E-state index contributed by atoms with van der Waals surface area (Å²) < 4.78 is 0. The lowest BCUT2D eigenvalue weighted by atomic mass is 10.0. The summed E-state index contributed by atoms with van der Waals surface area (Å²) >= 11 is 0. The summed E-state index contributed by atoms with van der Waals surface area (Å²) in [5, 5.41) is 2.58. The smallest absolute Gasteiger partial charge is 0.0111 e. The van der Waals surface area contributed by atoms with Crippen molar-refractivity contribution in [3.8, 4) is 0 Å². The molecule has 0 nitrogen and oxygen atoms in total. The van der Waals surface area contributed by atoms with E-state index in [1.807, 2.05) is 6.07 Å². The van der Waals surface area contributed by atoms with E-state index in [1.165, 1.54) is 21.9 Å². The van der Waals surface area contributed by atoms with Crippen LogP contribution in [0.5, 0.6) is 0 Å². The Morgan fingerprint density at radius 3 is 2.17 bits per heavy atom. The van der Waals surface area contributed by atoms with E-state index >= 15 is 0 Å². The summed E-state index contributed by atoms with van der Waals surface area (Å²) in [6.07, 6.45) is 4.33. The van der Waals surface area contributed by atoms with Crippen molar-refractivity contribution in [1.82, 2.24) is 0 Å². The molecule has 0 unspecified atom stereocenters. The number of fused-ring (bicyclic) bond motifs is 1. The van der Waals surface area contributed by atoms with Crippen molar-refractivity contribution in [2.75, 3.05) is 0 Å². The van der Waals surface area contributed by atoms with Gasteiger partial charge in [-0.3, -0.25) is 0 Å². The van der Waals surface area contributed by atoms with E-state index in [2.05, 4.69) is 78.9 Å². The second-order valence-corrected chi connectivity index (χ2v) is 4.31. The first-order valence-corrected chi connectivity index (χ1v) is 6.14. The van der Waals surface area contributed by atoms with Crippen molar-refractivity contribution in [2.45, 2.75) is 0 Å². The molecule has 0 amide bonds. The molecule has 0 atom stereocenters. The molecular weight excluding hydrogens is 216 g/mol. The van der Waals surface area contributed by atoms with Crippen LogP contribution in [0.4, 0.5) is 0 Å². The van der Waals surface area contributed by atoms with Gasteiger partial charge >= 0.3 is 0 Å². The van der Waals surface area contributed by atoms with Crippen LogP contribution in [0.3, 0.4) is 0 Å². The maximum Gasteiger partial charge on any atom is -0.0111 e. The Balaban J connectivity index is 2.03. The zero-order valence-corrected chi connectivity index (χ0v) is 10.1. The third-order valence-electron chi connectivity index (χ3n) is 3.08. The third-order valence-corrected chi connectivity index (χ3v) is 3.08. The Kier molecular flexibility index (Phi) is 2.93. The fourth-order valence-electron chi connectivity index (χ4n) is 2.15. The van der Waals surface area contributed by atoms with E-state index in [0.717, 1.165) is 0 Å². The van der Waals surface area contributed by atoms with Crippen molar-refractivity contribution in [1.29, 1.82) is 0 Å². The van der Waals surface area contributed by atoms with Crippen LogP contribution in [-0.4, -0.2) is 0 Å². The average Bonchev–Trinajstić information content (AvgIpc) is 2.46. The maximum atomic E-state index is 2.18. The molecule has 0 N–H and O–H groups in total. The molecule has 0 spiro atoms. The lowest BCUT2D eigenvalue weighted by molar-refractivity contribution is 1.66. The summed E-state index contributed by atoms with van der Waals surface area (Å²) in [5.41, 5.74) is 2.49. The molecule has 3 aromatic carbocycles. The predicted octanol–water partition coefficient (Wildman–Crippen LogP) is 5.01. The molecule has 3 aromatic rings. The van der Waals surface area contributed by atoms with Gasteiger partial charge in [0.1, 0.15) is 0 Å². The highest BCUT2D eigenvalue weighted by atomic mass is 14.0. The first-order chi connectivity index (χ1) is 8.93. The van der Waals surface area contributed by atoms with Crippen molar-refractivity contribution in [3.63, 3.8) is 0 Å². The molecule has 0 heterocycles. The molecule has 0 heteroatoms. The second kappa shape index (κ2) is 4.89. The van der Waals surface area contributed by atoms with Gasteiger partial charge in [0, 0.05) is 0 Å². The van der Waals surface area contributed by atoms with Crippen LogP contribution in [0.15, 0.2) is 72.8 Å².